The third-order valence-electron chi connectivity index (χ3n) is 1.85. The van der Waals surface area contributed by atoms with Crippen molar-refractivity contribution in [3.05, 3.63) is 0 Å². The molecule has 3 N–H and O–H groups in total. The molecule has 0 fully saturated rings. The minimum Gasteiger partial charge on any atom is -0.390 e. The number of hydrogen-bond acceptors (Lipinski definition) is 3. The van der Waals surface area contributed by atoms with Crippen LogP contribution in [0.15, 0.2) is 0 Å². The van der Waals surface area contributed by atoms with Crippen molar-refractivity contribution >= 4 is 0 Å². The molecule has 0 spiro atoms. The van der Waals surface area contributed by atoms with Crippen LogP contribution in [0.2, 0.25) is 0 Å². The number of hydrogen-bond donors (Lipinski definition) is 2. The lowest BCUT2D eigenvalue weighted by atomic mass is 10.2. The molecule has 0 amide bonds. The zero-order valence-electron chi connectivity index (χ0n) is 7.75. The lowest BCUT2D eigenvalue weighted by Crippen LogP contribution is -2.40. The van der Waals surface area contributed by atoms with E-state index in [0.717, 1.165) is 6.54 Å². The van der Waals surface area contributed by atoms with Crippen LogP contribution in [0.25, 0.3) is 0 Å². The summed E-state index contributed by atoms with van der Waals surface area (Å²) >= 11 is 0. The molecule has 1 atom stereocenters. The van der Waals surface area contributed by atoms with Crippen LogP contribution in [-0.2, 0) is 0 Å². The van der Waals surface area contributed by atoms with Gasteiger partial charge in [0.15, 0.2) is 0 Å². The first kappa shape index (κ1) is 10.9. The molecule has 0 heterocycles. The van der Waals surface area contributed by atoms with Crippen LogP contribution in [0.3, 0.4) is 0 Å². The maximum absolute atomic E-state index is 9.24. The van der Waals surface area contributed by atoms with E-state index < -0.39 is 0 Å². The number of nitrogens with two attached hydrogens (primary N) is 1. The SMILES string of the molecule is CCN(CC(O)CN)C(C)C. The number of nitrogens with zero attached hydrogens (tertiary/aromatic N) is 1. The normalized spacial score (nSPS) is 14.5. The van der Waals surface area contributed by atoms with Crippen molar-refractivity contribution in [2.24, 2.45) is 5.73 Å². The summed E-state index contributed by atoms with van der Waals surface area (Å²) in [4.78, 5) is 2.19. The van der Waals surface area contributed by atoms with Gasteiger partial charge < -0.3 is 10.8 Å². The van der Waals surface area contributed by atoms with E-state index >= 15 is 0 Å². The molecule has 1 unspecified atom stereocenters. The highest BCUT2D eigenvalue weighted by Crippen LogP contribution is 1.98. The third kappa shape index (κ3) is 4.35. The van der Waals surface area contributed by atoms with Crippen LogP contribution in [0.4, 0.5) is 0 Å². The van der Waals surface area contributed by atoms with Crippen LogP contribution in [-0.4, -0.2) is 41.8 Å². The fourth-order valence-electron chi connectivity index (χ4n) is 1.05. The number of rotatable bonds is 5. The van der Waals surface area contributed by atoms with Gasteiger partial charge in [-0.05, 0) is 20.4 Å². The summed E-state index contributed by atoms with van der Waals surface area (Å²) in [6, 6.07) is 0.487. The summed E-state index contributed by atoms with van der Waals surface area (Å²) in [5, 5.41) is 9.24. The first-order valence-electron chi connectivity index (χ1n) is 4.24. The van der Waals surface area contributed by atoms with Crippen LogP contribution in [0.5, 0.6) is 0 Å². The number of likely N-dealkylation sites (N-methyl/N-ethyl adjacent to an activating group) is 1. The van der Waals surface area contributed by atoms with Gasteiger partial charge in [-0.15, -0.1) is 0 Å². The van der Waals surface area contributed by atoms with Crippen LogP contribution < -0.4 is 5.73 Å². The van der Waals surface area contributed by atoms with Crippen molar-refractivity contribution in [2.45, 2.75) is 32.9 Å². The minimum absolute atomic E-state index is 0.350. The second-order valence-corrected chi connectivity index (χ2v) is 3.07. The summed E-state index contributed by atoms with van der Waals surface area (Å²) in [5.74, 6) is 0. The van der Waals surface area contributed by atoms with Crippen LogP contribution in [0.1, 0.15) is 20.8 Å². The second kappa shape index (κ2) is 5.52. The molecule has 0 aromatic heterocycles. The summed E-state index contributed by atoms with van der Waals surface area (Å²) in [6.07, 6.45) is -0.377. The third-order valence-corrected chi connectivity index (χ3v) is 1.85. The van der Waals surface area contributed by atoms with Crippen molar-refractivity contribution < 1.29 is 5.11 Å². The summed E-state index contributed by atoms with van der Waals surface area (Å²) in [5.41, 5.74) is 5.30. The van der Waals surface area contributed by atoms with E-state index in [2.05, 4.69) is 25.7 Å². The minimum atomic E-state index is -0.377. The predicted octanol–water partition coefficient (Wildman–Crippen LogP) is 0.0363. The van der Waals surface area contributed by atoms with Gasteiger partial charge in [0.1, 0.15) is 0 Å². The quantitative estimate of drug-likeness (QED) is 0.597. The first-order chi connectivity index (χ1) is 5.11. The van der Waals surface area contributed by atoms with Crippen molar-refractivity contribution in [1.29, 1.82) is 0 Å². The second-order valence-electron chi connectivity index (χ2n) is 3.07. The smallest absolute Gasteiger partial charge is 0.0789 e. The maximum Gasteiger partial charge on any atom is 0.0789 e. The van der Waals surface area contributed by atoms with Gasteiger partial charge in [0.05, 0.1) is 6.10 Å². The van der Waals surface area contributed by atoms with Gasteiger partial charge in [0.2, 0.25) is 0 Å². The summed E-state index contributed by atoms with van der Waals surface area (Å²) in [7, 11) is 0. The molecular formula is C8H20N2O. The summed E-state index contributed by atoms with van der Waals surface area (Å²) < 4.78 is 0. The first-order valence-corrected chi connectivity index (χ1v) is 4.24. The zero-order chi connectivity index (χ0) is 8.85. The van der Waals surface area contributed by atoms with E-state index in [1.165, 1.54) is 0 Å². The Bertz CT molecular complexity index is 96.1. The lowest BCUT2D eigenvalue weighted by molar-refractivity contribution is 0.104. The standard InChI is InChI=1S/C8H20N2O/c1-4-10(7(2)3)6-8(11)5-9/h7-8,11H,4-6,9H2,1-3H3. The van der Waals surface area contributed by atoms with Gasteiger partial charge in [-0.3, -0.25) is 4.90 Å². The van der Waals surface area contributed by atoms with Crippen molar-refractivity contribution in [3.63, 3.8) is 0 Å². The average Bonchev–Trinajstić information content (AvgIpc) is 1.99. The molecule has 0 aliphatic carbocycles. The van der Waals surface area contributed by atoms with Crippen molar-refractivity contribution in [1.82, 2.24) is 4.90 Å². The van der Waals surface area contributed by atoms with E-state index in [0.29, 0.717) is 19.1 Å². The predicted molar refractivity (Wildman–Crippen MR) is 47.4 cm³/mol. The molecule has 0 aromatic rings. The van der Waals surface area contributed by atoms with Crippen molar-refractivity contribution in [3.8, 4) is 0 Å². The Labute approximate surface area is 69.2 Å². The molecule has 11 heavy (non-hydrogen) atoms. The van der Waals surface area contributed by atoms with Gasteiger partial charge in [0, 0.05) is 19.1 Å². The Morgan fingerprint density at radius 2 is 2.00 bits per heavy atom. The van der Waals surface area contributed by atoms with Gasteiger partial charge >= 0.3 is 0 Å². The maximum atomic E-state index is 9.24. The van der Waals surface area contributed by atoms with Gasteiger partial charge in [-0.1, -0.05) is 6.92 Å². The Morgan fingerprint density at radius 1 is 1.45 bits per heavy atom. The molecule has 0 aliphatic heterocycles. The van der Waals surface area contributed by atoms with Gasteiger partial charge in [-0.25, -0.2) is 0 Å². The van der Waals surface area contributed by atoms with Gasteiger partial charge in [-0.2, -0.15) is 0 Å². The Balaban J connectivity index is 3.68. The molecule has 0 rings (SSSR count). The largest absolute Gasteiger partial charge is 0.390 e. The molecule has 0 saturated carbocycles. The monoisotopic (exact) mass is 160 g/mol. The van der Waals surface area contributed by atoms with E-state index in [1.807, 2.05) is 0 Å². The van der Waals surface area contributed by atoms with E-state index in [4.69, 9.17) is 5.73 Å². The Morgan fingerprint density at radius 3 is 2.27 bits per heavy atom. The molecule has 0 aliphatic rings. The van der Waals surface area contributed by atoms with Gasteiger partial charge in [0.25, 0.3) is 0 Å². The topological polar surface area (TPSA) is 49.5 Å². The molecule has 0 saturated heterocycles. The number of aliphatic hydroxyl groups excluding tert-OH is 1. The highest BCUT2D eigenvalue weighted by molar-refractivity contribution is 4.66. The van der Waals surface area contributed by atoms with E-state index in [1.54, 1.807) is 0 Å². The molecule has 3 heteroatoms. The average molecular weight is 160 g/mol. The van der Waals surface area contributed by atoms with E-state index in [9.17, 15) is 5.11 Å². The number of aliphatic hydroxyl groups is 1. The Kier molecular flexibility index (Phi) is 5.46. The molecular weight excluding hydrogens is 140 g/mol. The van der Waals surface area contributed by atoms with Crippen LogP contribution >= 0.6 is 0 Å². The van der Waals surface area contributed by atoms with Crippen LogP contribution in [0, 0.1) is 0 Å². The fourth-order valence-corrected chi connectivity index (χ4v) is 1.05. The molecule has 0 radical (unpaired) electrons. The zero-order valence-corrected chi connectivity index (χ0v) is 7.75. The van der Waals surface area contributed by atoms with Crippen molar-refractivity contribution in [2.75, 3.05) is 19.6 Å². The Hall–Kier alpha value is -0.120. The lowest BCUT2D eigenvalue weighted by Gasteiger charge is -2.26. The summed E-state index contributed by atoms with van der Waals surface area (Å²) in [6.45, 7) is 8.32. The molecule has 3 nitrogen and oxygen atoms in total. The molecule has 68 valence electrons. The molecule has 0 aromatic carbocycles. The molecule has 0 bridgehead atoms. The van der Waals surface area contributed by atoms with E-state index in [-0.39, 0.29) is 6.10 Å². The fraction of sp³-hybridized carbons (Fsp3) is 1.00. The highest BCUT2D eigenvalue weighted by Gasteiger charge is 2.10. The highest BCUT2D eigenvalue weighted by atomic mass is 16.3.